The number of furan rings is 2. The average Bonchev–Trinajstić information content (AvgIpc) is 3.73. The first-order valence-corrected chi connectivity index (χ1v) is 15.8. The van der Waals surface area contributed by atoms with Crippen LogP contribution in [0.4, 0.5) is 0 Å². The second-order valence-corrected chi connectivity index (χ2v) is 11.9. The molecule has 4 heterocycles. The third kappa shape index (κ3) is 4.20. The lowest BCUT2D eigenvalue weighted by Gasteiger charge is -2.11. The van der Waals surface area contributed by atoms with Crippen molar-refractivity contribution in [2.45, 2.75) is 0 Å². The van der Waals surface area contributed by atoms with Gasteiger partial charge in [0.15, 0.2) is 17.5 Å². The first-order chi connectivity index (χ1) is 23.8. The highest BCUT2D eigenvalue weighted by molar-refractivity contribution is 6.13. The zero-order valence-electron chi connectivity index (χ0n) is 25.5. The molecule has 6 nitrogen and oxygen atoms in total. The van der Waals surface area contributed by atoms with E-state index < -0.39 is 0 Å². The Balaban J connectivity index is 1.19. The zero-order chi connectivity index (χ0) is 31.6. The third-order valence-electron chi connectivity index (χ3n) is 9.04. The van der Waals surface area contributed by atoms with Crippen LogP contribution in [0.5, 0.6) is 0 Å². The van der Waals surface area contributed by atoms with Crippen molar-refractivity contribution in [3.63, 3.8) is 0 Å². The van der Waals surface area contributed by atoms with E-state index in [0.717, 1.165) is 71.7 Å². The number of hydrogen-bond acceptors (Lipinski definition) is 6. The number of benzene rings is 6. The van der Waals surface area contributed by atoms with Crippen LogP contribution in [0.1, 0.15) is 0 Å². The lowest BCUT2D eigenvalue weighted by atomic mass is 10.00. The topological polar surface area (TPSA) is 77.8 Å². The predicted octanol–water partition coefficient (Wildman–Crippen LogP) is 10.9. The lowest BCUT2D eigenvalue weighted by molar-refractivity contribution is 0.668. The van der Waals surface area contributed by atoms with Gasteiger partial charge in [0.2, 0.25) is 0 Å². The molecule has 224 valence electrons. The van der Waals surface area contributed by atoms with E-state index in [9.17, 15) is 0 Å². The van der Waals surface area contributed by atoms with Crippen LogP contribution in [0.15, 0.2) is 155 Å². The summed E-state index contributed by atoms with van der Waals surface area (Å²) in [5.74, 6) is 1.69. The summed E-state index contributed by atoms with van der Waals surface area (Å²) in [7, 11) is 0. The Morgan fingerprint density at radius 1 is 0.396 bits per heavy atom. The van der Waals surface area contributed by atoms with Crippen molar-refractivity contribution in [2.24, 2.45) is 0 Å². The van der Waals surface area contributed by atoms with Gasteiger partial charge in [0.05, 0.1) is 0 Å². The van der Waals surface area contributed by atoms with Gasteiger partial charge in [-0.1, -0.05) is 103 Å². The van der Waals surface area contributed by atoms with E-state index in [2.05, 4.69) is 77.8 Å². The molecule has 0 saturated heterocycles. The molecular formula is C42H24N4O2. The smallest absolute Gasteiger partial charge is 0.164 e. The van der Waals surface area contributed by atoms with Crippen molar-refractivity contribution in [3.8, 4) is 45.3 Å². The molecule has 0 spiro atoms. The summed E-state index contributed by atoms with van der Waals surface area (Å²) in [6.07, 6.45) is 3.57. The van der Waals surface area contributed by atoms with Gasteiger partial charge in [-0.15, -0.1) is 0 Å². The minimum Gasteiger partial charge on any atom is -0.456 e. The van der Waals surface area contributed by atoms with Crippen LogP contribution < -0.4 is 0 Å². The standard InChI is InChI=1S/C42H24N4O2/c1-2-8-28-23-29(20-17-25(28)7-1)26-15-18-27(19-16-26)40-44-41(31-10-5-13-36-38(31)30-9-3-4-12-34(30)47-36)46-42(45-40)32-11-6-14-37-39(32)33-24-43-22-21-35(33)48-37/h1-24H. The molecule has 4 aromatic heterocycles. The van der Waals surface area contributed by atoms with Crippen molar-refractivity contribution in [2.75, 3.05) is 0 Å². The monoisotopic (exact) mass is 616 g/mol. The molecule has 0 unspecified atom stereocenters. The van der Waals surface area contributed by atoms with Crippen molar-refractivity contribution in [3.05, 3.63) is 146 Å². The molecule has 0 aliphatic heterocycles. The van der Waals surface area contributed by atoms with Gasteiger partial charge in [-0.2, -0.15) is 0 Å². The van der Waals surface area contributed by atoms with Crippen LogP contribution in [0.2, 0.25) is 0 Å². The van der Waals surface area contributed by atoms with Gasteiger partial charge in [0.25, 0.3) is 0 Å². The molecule has 0 fully saturated rings. The number of fused-ring (bicyclic) bond motifs is 7. The summed E-state index contributed by atoms with van der Waals surface area (Å²) in [5, 5.41) is 6.25. The van der Waals surface area contributed by atoms with Crippen LogP contribution >= 0.6 is 0 Å². The molecule has 0 N–H and O–H groups in total. The Morgan fingerprint density at radius 3 is 1.75 bits per heavy atom. The summed E-state index contributed by atoms with van der Waals surface area (Å²) >= 11 is 0. The maximum Gasteiger partial charge on any atom is 0.164 e. The van der Waals surface area contributed by atoms with Gasteiger partial charge in [-0.05, 0) is 52.2 Å². The molecular weight excluding hydrogens is 592 g/mol. The van der Waals surface area contributed by atoms with E-state index in [1.54, 1.807) is 6.20 Å². The quantitative estimate of drug-likeness (QED) is 0.196. The molecule has 48 heavy (non-hydrogen) atoms. The Kier molecular flexibility index (Phi) is 5.77. The SMILES string of the molecule is c1ccc2cc(-c3ccc(-c4nc(-c5cccc6oc7ccccc7c56)nc(-c5cccc6oc7ccncc7c56)n4)cc3)ccc2c1. The number of nitrogens with zero attached hydrogens (tertiary/aromatic N) is 4. The number of aromatic nitrogens is 4. The highest BCUT2D eigenvalue weighted by atomic mass is 16.3. The van der Waals surface area contributed by atoms with Gasteiger partial charge in [0.1, 0.15) is 22.3 Å². The van der Waals surface area contributed by atoms with Crippen LogP contribution in [-0.4, -0.2) is 19.9 Å². The van der Waals surface area contributed by atoms with Gasteiger partial charge < -0.3 is 8.83 Å². The summed E-state index contributed by atoms with van der Waals surface area (Å²) in [5.41, 5.74) is 8.01. The molecule has 0 aliphatic rings. The van der Waals surface area contributed by atoms with Crippen LogP contribution in [0, 0.1) is 0 Å². The number of para-hydroxylation sites is 1. The summed E-state index contributed by atoms with van der Waals surface area (Å²) < 4.78 is 12.4. The highest BCUT2D eigenvalue weighted by Crippen LogP contribution is 2.39. The fourth-order valence-corrected chi connectivity index (χ4v) is 6.74. The molecule has 0 aliphatic carbocycles. The molecule has 6 aromatic carbocycles. The van der Waals surface area contributed by atoms with E-state index in [1.807, 2.05) is 66.9 Å². The maximum atomic E-state index is 6.23. The fraction of sp³-hybridized carbons (Fsp3) is 0. The second-order valence-electron chi connectivity index (χ2n) is 11.9. The Labute approximate surface area is 274 Å². The van der Waals surface area contributed by atoms with Crippen LogP contribution in [0.25, 0.3) is 99.9 Å². The molecule has 6 heteroatoms. The van der Waals surface area contributed by atoms with Crippen molar-refractivity contribution >= 4 is 54.6 Å². The molecule has 10 aromatic rings. The average molecular weight is 617 g/mol. The molecule has 0 saturated carbocycles. The van der Waals surface area contributed by atoms with Gasteiger partial charge in [-0.3, -0.25) is 4.98 Å². The van der Waals surface area contributed by atoms with Gasteiger partial charge >= 0.3 is 0 Å². The number of pyridine rings is 1. The number of hydrogen-bond donors (Lipinski definition) is 0. The number of rotatable bonds is 4. The van der Waals surface area contributed by atoms with E-state index in [0.29, 0.717) is 17.5 Å². The fourth-order valence-electron chi connectivity index (χ4n) is 6.74. The highest BCUT2D eigenvalue weighted by Gasteiger charge is 2.20. The van der Waals surface area contributed by atoms with Crippen molar-refractivity contribution < 1.29 is 8.83 Å². The zero-order valence-corrected chi connectivity index (χ0v) is 25.5. The first-order valence-electron chi connectivity index (χ1n) is 15.8. The van der Waals surface area contributed by atoms with E-state index in [1.165, 1.54) is 10.8 Å². The molecule has 10 rings (SSSR count). The Hall–Kier alpha value is -6.66. The first kappa shape index (κ1) is 26.5. The minimum atomic E-state index is 0.551. The van der Waals surface area contributed by atoms with Crippen LogP contribution in [-0.2, 0) is 0 Å². The maximum absolute atomic E-state index is 6.23. The van der Waals surface area contributed by atoms with Crippen molar-refractivity contribution in [1.82, 2.24) is 19.9 Å². The lowest BCUT2D eigenvalue weighted by Crippen LogP contribution is -2.00. The Bertz CT molecular complexity index is 2720. The molecule has 0 bridgehead atoms. The Morgan fingerprint density at radius 2 is 0.979 bits per heavy atom. The second kappa shape index (κ2) is 10.4. The third-order valence-corrected chi connectivity index (χ3v) is 9.04. The van der Waals surface area contributed by atoms with Crippen LogP contribution in [0.3, 0.4) is 0 Å². The van der Waals surface area contributed by atoms with E-state index in [4.69, 9.17) is 23.8 Å². The predicted molar refractivity (Wildman–Crippen MR) is 191 cm³/mol. The largest absolute Gasteiger partial charge is 0.456 e. The van der Waals surface area contributed by atoms with E-state index in [-0.39, 0.29) is 0 Å². The van der Waals surface area contributed by atoms with Gasteiger partial charge in [-0.25, -0.2) is 15.0 Å². The molecule has 0 amide bonds. The van der Waals surface area contributed by atoms with E-state index >= 15 is 0 Å². The summed E-state index contributed by atoms with van der Waals surface area (Å²) in [6, 6.07) is 45.3. The van der Waals surface area contributed by atoms with Crippen molar-refractivity contribution in [1.29, 1.82) is 0 Å². The van der Waals surface area contributed by atoms with Gasteiger partial charge in [0, 0.05) is 50.6 Å². The normalized spacial score (nSPS) is 11.8. The molecule has 0 radical (unpaired) electrons. The summed E-state index contributed by atoms with van der Waals surface area (Å²) in [4.78, 5) is 19.7. The molecule has 0 atom stereocenters. The minimum absolute atomic E-state index is 0.551. The summed E-state index contributed by atoms with van der Waals surface area (Å²) in [6.45, 7) is 0.